The molecule has 10 heteroatoms. The first-order valence-corrected chi connectivity index (χ1v) is 11.6. The normalized spacial score (nSPS) is 22.0. The maximum atomic E-state index is 9.38. The van der Waals surface area contributed by atoms with Gasteiger partial charge in [0.15, 0.2) is 11.5 Å². The lowest BCUT2D eigenvalue weighted by molar-refractivity contribution is -0.0665. The molecule has 0 aliphatic heterocycles. The van der Waals surface area contributed by atoms with Crippen LogP contribution in [0.4, 0.5) is 5.95 Å². The molecule has 3 fully saturated rings. The van der Waals surface area contributed by atoms with E-state index in [1.807, 2.05) is 57.6 Å². The summed E-state index contributed by atoms with van der Waals surface area (Å²) in [7, 11) is 1.85. The average Bonchev–Trinajstić information content (AvgIpc) is 3.42. The quantitative estimate of drug-likeness (QED) is 0.406. The van der Waals surface area contributed by atoms with Crippen LogP contribution in [0.3, 0.4) is 0 Å². The number of rotatable bonds is 6. The van der Waals surface area contributed by atoms with Crippen LogP contribution in [0.5, 0.6) is 11.6 Å². The van der Waals surface area contributed by atoms with Gasteiger partial charge in [-0.2, -0.15) is 25.6 Å². The van der Waals surface area contributed by atoms with Gasteiger partial charge in [-0.1, -0.05) is 0 Å². The van der Waals surface area contributed by atoms with Gasteiger partial charge >= 0.3 is 0 Å². The maximum Gasteiger partial charge on any atom is 0.235 e. The molecule has 3 aromatic heterocycles. The Kier molecular flexibility index (Phi) is 4.64. The predicted octanol–water partition coefficient (Wildman–Crippen LogP) is 4.35. The highest BCUT2D eigenvalue weighted by molar-refractivity contribution is 5.82. The van der Waals surface area contributed by atoms with Crippen molar-refractivity contribution >= 4 is 23.1 Å². The van der Waals surface area contributed by atoms with E-state index in [0.29, 0.717) is 34.4 Å². The molecule has 1 aromatic carbocycles. The Labute approximate surface area is 207 Å². The molecule has 178 valence electrons. The average molecular weight is 478 g/mol. The molecule has 36 heavy (non-hydrogen) atoms. The summed E-state index contributed by atoms with van der Waals surface area (Å²) in [4.78, 5) is 9.41. The van der Waals surface area contributed by atoms with Crippen molar-refractivity contribution in [2.75, 3.05) is 5.32 Å². The lowest BCUT2D eigenvalue weighted by Crippen LogP contribution is -2.70. The maximum absolute atomic E-state index is 9.38. The fourth-order valence-electron chi connectivity index (χ4n) is 5.40. The van der Waals surface area contributed by atoms with Crippen molar-refractivity contribution in [2.45, 2.75) is 38.6 Å². The molecule has 0 unspecified atom stereocenters. The summed E-state index contributed by atoms with van der Waals surface area (Å²) < 4.78 is 9.79. The van der Waals surface area contributed by atoms with Crippen LogP contribution in [-0.2, 0) is 7.05 Å². The van der Waals surface area contributed by atoms with Crippen LogP contribution in [0.25, 0.3) is 22.9 Å². The van der Waals surface area contributed by atoms with Gasteiger partial charge in [-0.25, -0.2) is 4.68 Å². The third-order valence-corrected chi connectivity index (χ3v) is 6.95. The van der Waals surface area contributed by atoms with Gasteiger partial charge < -0.3 is 10.1 Å². The number of aromatic nitrogens is 6. The smallest absolute Gasteiger partial charge is 0.235 e. The zero-order valence-electron chi connectivity index (χ0n) is 20.1. The van der Waals surface area contributed by atoms with Crippen LogP contribution < -0.4 is 10.1 Å². The number of nitrogens with zero attached hydrogens (tertiary/aromatic N) is 8. The van der Waals surface area contributed by atoms with Crippen LogP contribution in [0.1, 0.15) is 36.0 Å². The van der Waals surface area contributed by atoms with Crippen molar-refractivity contribution in [3.8, 4) is 29.6 Å². The van der Waals surface area contributed by atoms with Crippen LogP contribution >= 0.6 is 0 Å². The number of hydrogen-bond acceptors (Lipinski definition) is 8. The van der Waals surface area contributed by atoms with Crippen molar-refractivity contribution in [3.05, 3.63) is 53.4 Å². The Morgan fingerprint density at radius 2 is 1.86 bits per heavy atom. The van der Waals surface area contributed by atoms with E-state index in [-0.39, 0.29) is 11.0 Å². The van der Waals surface area contributed by atoms with Crippen LogP contribution in [0.15, 0.2) is 36.7 Å². The highest BCUT2D eigenvalue weighted by Crippen LogP contribution is 2.67. The van der Waals surface area contributed by atoms with Gasteiger partial charge in [0.25, 0.3) is 0 Å². The number of aryl methyl sites for hydroxylation is 3. The van der Waals surface area contributed by atoms with Gasteiger partial charge in [-0.3, -0.25) is 4.68 Å². The highest BCUT2D eigenvalue weighted by Gasteiger charge is 2.69. The van der Waals surface area contributed by atoms with Crippen molar-refractivity contribution in [3.63, 3.8) is 0 Å². The van der Waals surface area contributed by atoms with E-state index in [1.54, 1.807) is 15.4 Å². The molecule has 2 bridgehead atoms. The summed E-state index contributed by atoms with van der Waals surface area (Å²) in [5, 5.41) is 31.4. The standard InChI is InChI=1S/C26H23N9O/c1-16-9-18(5-4-7-27)10-17(2)21(16)36-23-19-11-35(20-6-8-34(3)32-20)33-22(19)29-24(30-23)31-26-12-25(13-26,14-26)15-28/h4-6,8-11H,12-14H2,1-3H3,(H,29,31,33)/b5-4+. The number of benzene rings is 1. The Morgan fingerprint density at radius 3 is 2.50 bits per heavy atom. The van der Waals surface area contributed by atoms with Crippen molar-refractivity contribution in [1.29, 1.82) is 10.5 Å². The minimum atomic E-state index is -0.188. The largest absolute Gasteiger partial charge is 0.437 e. The molecule has 0 spiro atoms. The van der Waals surface area contributed by atoms with Crippen molar-refractivity contribution in [1.82, 2.24) is 29.5 Å². The first kappa shape index (κ1) is 21.8. The SMILES string of the molecule is Cc1cc(/C=C/C#N)cc(C)c1Oc1nc(NC23CC(C#N)(C2)C3)nc2nn(-c3ccn(C)n3)cc12. The highest BCUT2D eigenvalue weighted by atomic mass is 16.5. The third-order valence-electron chi connectivity index (χ3n) is 6.95. The first-order valence-electron chi connectivity index (χ1n) is 11.6. The van der Waals surface area contributed by atoms with E-state index >= 15 is 0 Å². The lowest BCUT2D eigenvalue weighted by Gasteiger charge is -2.66. The van der Waals surface area contributed by atoms with Crippen molar-refractivity contribution in [2.24, 2.45) is 12.5 Å². The van der Waals surface area contributed by atoms with Crippen LogP contribution in [0, 0.1) is 41.9 Å². The number of anilines is 1. The summed E-state index contributed by atoms with van der Waals surface area (Å²) in [5.41, 5.74) is 2.92. The zero-order valence-corrected chi connectivity index (χ0v) is 20.1. The van der Waals surface area contributed by atoms with E-state index in [4.69, 9.17) is 15.0 Å². The van der Waals surface area contributed by atoms with Gasteiger partial charge in [0.05, 0.1) is 17.6 Å². The topological polar surface area (TPSA) is 130 Å². The van der Waals surface area contributed by atoms with Gasteiger partial charge in [-0.05, 0) is 68.0 Å². The Balaban J connectivity index is 1.40. The monoisotopic (exact) mass is 477 g/mol. The lowest BCUT2D eigenvalue weighted by atomic mass is 9.40. The predicted molar refractivity (Wildman–Crippen MR) is 132 cm³/mol. The molecular formula is C26H23N9O. The molecular weight excluding hydrogens is 454 g/mol. The van der Waals surface area contributed by atoms with E-state index in [1.165, 1.54) is 6.08 Å². The Bertz CT molecular complexity index is 1600. The van der Waals surface area contributed by atoms with E-state index in [0.717, 1.165) is 36.0 Å². The van der Waals surface area contributed by atoms with Gasteiger partial charge in [-0.15, -0.1) is 5.10 Å². The molecule has 3 heterocycles. The summed E-state index contributed by atoms with van der Waals surface area (Å²) in [6.07, 6.45) is 9.28. The summed E-state index contributed by atoms with van der Waals surface area (Å²) >= 11 is 0. The number of nitrogens with one attached hydrogen (secondary N) is 1. The van der Waals surface area contributed by atoms with Crippen LogP contribution in [-0.4, -0.2) is 35.1 Å². The molecule has 7 rings (SSSR count). The number of ether oxygens (including phenoxy) is 1. The summed E-state index contributed by atoms with van der Waals surface area (Å²) in [6, 6.07) is 10.2. The molecule has 0 amide bonds. The number of allylic oxidation sites excluding steroid dienone is 1. The number of nitriles is 2. The van der Waals surface area contributed by atoms with Crippen molar-refractivity contribution < 1.29 is 4.74 Å². The minimum absolute atomic E-state index is 0.134. The molecule has 4 aromatic rings. The van der Waals surface area contributed by atoms with Gasteiger partial charge in [0.2, 0.25) is 11.8 Å². The molecule has 0 atom stereocenters. The first-order chi connectivity index (χ1) is 17.3. The molecule has 3 saturated carbocycles. The molecule has 10 nitrogen and oxygen atoms in total. The number of fused-ring (bicyclic) bond motifs is 1. The van der Waals surface area contributed by atoms with Crippen LogP contribution in [0.2, 0.25) is 0 Å². The molecule has 0 saturated heterocycles. The van der Waals surface area contributed by atoms with Gasteiger partial charge in [0, 0.05) is 37.1 Å². The second kappa shape index (κ2) is 7.65. The molecule has 1 N–H and O–H groups in total. The zero-order chi connectivity index (χ0) is 25.1. The van der Waals surface area contributed by atoms with Gasteiger partial charge in [0.1, 0.15) is 11.1 Å². The third kappa shape index (κ3) is 3.46. The second-order valence-electron chi connectivity index (χ2n) is 9.89. The Morgan fingerprint density at radius 1 is 1.11 bits per heavy atom. The van der Waals surface area contributed by atoms with E-state index in [9.17, 15) is 5.26 Å². The second-order valence-corrected chi connectivity index (χ2v) is 9.89. The minimum Gasteiger partial charge on any atom is -0.437 e. The van der Waals surface area contributed by atoms with E-state index in [2.05, 4.69) is 26.6 Å². The molecule has 3 aliphatic rings. The number of hydrogen-bond donors (Lipinski definition) is 1. The summed E-state index contributed by atoms with van der Waals surface area (Å²) in [6.45, 7) is 3.92. The summed E-state index contributed by atoms with van der Waals surface area (Å²) in [5.74, 6) is 2.17. The fraction of sp³-hybridized carbons (Fsp3) is 0.308. The van der Waals surface area contributed by atoms with E-state index < -0.39 is 0 Å². The molecule has 0 radical (unpaired) electrons. The molecule has 3 aliphatic carbocycles. The Hall–Kier alpha value is -4.70. The fourth-order valence-corrected chi connectivity index (χ4v) is 5.40.